The average molecular weight is 302 g/mol. The molecule has 0 aliphatic carbocycles. The zero-order chi connectivity index (χ0) is 15.3. The van der Waals surface area contributed by atoms with Crippen LogP contribution in [-0.4, -0.2) is 25.3 Å². The van der Waals surface area contributed by atoms with Gasteiger partial charge in [-0.3, -0.25) is 0 Å². The highest BCUT2D eigenvalue weighted by Gasteiger charge is 2.27. The summed E-state index contributed by atoms with van der Waals surface area (Å²) in [5.41, 5.74) is 0.362. The normalized spacial score (nSPS) is 13.7. The molecule has 0 saturated heterocycles. The molecule has 1 atom stereocenters. The summed E-state index contributed by atoms with van der Waals surface area (Å²) < 4.78 is 0. The molecule has 0 amide bonds. The van der Waals surface area contributed by atoms with E-state index in [2.05, 4.69) is 19.2 Å². The van der Waals surface area contributed by atoms with Gasteiger partial charge < -0.3 is 10.1 Å². The van der Waals surface area contributed by atoms with Crippen LogP contribution in [0.25, 0.3) is 0 Å². The maximum atomic E-state index is 10.1. The Morgan fingerprint density at radius 3 is 1.65 bits per heavy atom. The van der Waals surface area contributed by atoms with E-state index < -0.39 is 8.32 Å². The average Bonchev–Trinajstić information content (AvgIpc) is 2.38. The Balaban J connectivity index is 3.28. The van der Waals surface area contributed by atoms with Crippen molar-refractivity contribution in [3.63, 3.8) is 0 Å². The Kier molecular flexibility index (Phi) is 12.9. The first-order valence-corrected chi connectivity index (χ1v) is 12.0. The van der Waals surface area contributed by atoms with Crippen molar-refractivity contribution in [3.05, 3.63) is 0 Å². The molecule has 122 valence electrons. The monoisotopic (exact) mass is 301 g/mol. The van der Waals surface area contributed by atoms with Crippen molar-refractivity contribution < 1.29 is 4.80 Å². The topological polar surface area (TPSA) is 32.3 Å². The standard InChI is InChI=1S/C17H39NOSi/c1-5-7-8-9-10-11-12-13-14-15-16-18-17(6-2)20(3,4)19/h17-19H,5-16H2,1-4H3. The molecular formula is C17H39NOSi. The van der Waals surface area contributed by atoms with Gasteiger partial charge in [0.15, 0.2) is 8.32 Å². The predicted octanol–water partition coefficient (Wildman–Crippen LogP) is 5.01. The second-order valence-electron chi connectivity index (χ2n) is 6.75. The van der Waals surface area contributed by atoms with Gasteiger partial charge in [-0.1, -0.05) is 71.6 Å². The predicted molar refractivity (Wildman–Crippen MR) is 93.6 cm³/mol. The zero-order valence-electron chi connectivity index (χ0n) is 14.5. The first-order chi connectivity index (χ1) is 9.52. The summed E-state index contributed by atoms with van der Waals surface area (Å²) in [5, 5.41) is 3.55. The third-order valence-electron chi connectivity index (χ3n) is 4.18. The van der Waals surface area contributed by atoms with E-state index in [-0.39, 0.29) is 0 Å². The Bertz CT molecular complexity index is 204. The first-order valence-electron chi connectivity index (χ1n) is 8.98. The molecule has 0 fully saturated rings. The fourth-order valence-corrected chi connectivity index (χ4v) is 4.43. The zero-order valence-corrected chi connectivity index (χ0v) is 15.5. The Morgan fingerprint density at radius 2 is 1.25 bits per heavy atom. The molecule has 0 aromatic carbocycles. The maximum Gasteiger partial charge on any atom is 0.199 e. The van der Waals surface area contributed by atoms with Crippen LogP contribution in [0.5, 0.6) is 0 Å². The number of unbranched alkanes of at least 4 members (excludes halogenated alkanes) is 9. The van der Waals surface area contributed by atoms with Crippen LogP contribution in [0.3, 0.4) is 0 Å². The minimum absolute atomic E-state index is 0.362. The summed E-state index contributed by atoms with van der Waals surface area (Å²) in [6, 6.07) is 0. The van der Waals surface area contributed by atoms with E-state index in [1.54, 1.807) is 0 Å². The molecule has 0 saturated carbocycles. The third kappa shape index (κ3) is 11.9. The van der Waals surface area contributed by atoms with Crippen molar-refractivity contribution in [1.29, 1.82) is 0 Å². The van der Waals surface area contributed by atoms with E-state index in [1.165, 1.54) is 64.2 Å². The van der Waals surface area contributed by atoms with Crippen LogP contribution in [0.4, 0.5) is 0 Å². The summed E-state index contributed by atoms with van der Waals surface area (Å²) in [6.07, 6.45) is 14.9. The largest absolute Gasteiger partial charge is 0.431 e. The van der Waals surface area contributed by atoms with Gasteiger partial charge in [0, 0.05) is 5.67 Å². The molecule has 0 aromatic rings. The molecule has 0 heterocycles. The van der Waals surface area contributed by atoms with Crippen LogP contribution in [0.15, 0.2) is 0 Å². The highest BCUT2D eigenvalue weighted by Crippen LogP contribution is 2.11. The molecule has 2 nitrogen and oxygen atoms in total. The number of hydrogen-bond acceptors (Lipinski definition) is 2. The first kappa shape index (κ1) is 20.1. The van der Waals surface area contributed by atoms with Crippen molar-refractivity contribution in [2.45, 2.75) is 103 Å². The molecule has 0 radical (unpaired) electrons. The van der Waals surface area contributed by atoms with Crippen LogP contribution < -0.4 is 5.32 Å². The van der Waals surface area contributed by atoms with Gasteiger partial charge in [-0.25, -0.2) is 0 Å². The SMILES string of the molecule is CCCCCCCCCCCCNC(CC)[Si](C)(C)O. The van der Waals surface area contributed by atoms with E-state index in [0.717, 1.165) is 13.0 Å². The highest BCUT2D eigenvalue weighted by molar-refractivity contribution is 6.71. The van der Waals surface area contributed by atoms with Crippen molar-refractivity contribution in [2.24, 2.45) is 0 Å². The van der Waals surface area contributed by atoms with Crippen molar-refractivity contribution in [2.75, 3.05) is 6.54 Å². The van der Waals surface area contributed by atoms with E-state index >= 15 is 0 Å². The van der Waals surface area contributed by atoms with E-state index in [0.29, 0.717) is 5.67 Å². The Labute approximate surface area is 128 Å². The summed E-state index contributed by atoms with van der Waals surface area (Å²) in [4.78, 5) is 10.1. The second-order valence-corrected chi connectivity index (χ2v) is 10.8. The molecule has 2 N–H and O–H groups in total. The lowest BCUT2D eigenvalue weighted by atomic mass is 10.1. The van der Waals surface area contributed by atoms with Crippen LogP contribution in [0.1, 0.15) is 84.5 Å². The van der Waals surface area contributed by atoms with Crippen molar-refractivity contribution >= 4 is 8.32 Å². The van der Waals surface area contributed by atoms with Gasteiger partial charge in [-0.2, -0.15) is 0 Å². The van der Waals surface area contributed by atoms with Crippen LogP contribution >= 0.6 is 0 Å². The molecule has 0 aromatic heterocycles. The van der Waals surface area contributed by atoms with Crippen LogP contribution in [0.2, 0.25) is 13.1 Å². The smallest absolute Gasteiger partial charge is 0.199 e. The third-order valence-corrected chi connectivity index (χ3v) is 6.50. The Morgan fingerprint density at radius 1 is 0.800 bits per heavy atom. The van der Waals surface area contributed by atoms with Crippen LogP contribution in [0, 0.1) is 0 Å². The van der Waals surface area contributed by atoms with Gasteiger partial charge in [0.1, 0.15) is 0 Å². The lowest BCUT2D eigenvalue weighted by Crippen LogP contribution is -2.50. The molecule has 1 unspecified atom stereocenters. The quantitative estimate of drug-likeness (QED) is 0.349. The molecule has 0 aliphatic rings. The van der Waals surface area contributed by atoms with Gasteiger partial charge in [-0.15, -0.1) is 0 Å². The number of nitrogens with one attached hydrogen (secondary N) is 1. The fourth-order valence-electron chi connectivity index (χ4n) is 2.78. The number of hydrogen-bond donors (Lipinski definition) is 2. The number of rotatable bonds is 14. The summed E-state index contributed by atoms with van der Waals surface area (Å²) in [5.74, 6) is 0. The molecule has 0 rings (SSSR count). The maximum absolute atomic E-state index is 10.1. The van der Waals surface area contributed by atoms with Gasteiger partial charge in [0.25, 0.3) is 0 Å². The van der Waals surface area contributed by atoms with Gasteiger partial charge in [0.2, 0.25) is 0 Å². The lowest BCUT2D eigenvalue weighted by molar-refractivity contribution is 0.469. The highest BCUT2D eigenvalue weighted by atomic mass is 28.4. The fraction of sp³-hybridized carbons (Fsp3) is 1.00. The van der Waals surface area contributed by atoms with E-state index in [9.17, 15) is 4.80 Å². The minimum atomic E-state index is -2.00. The molecule has 0 spiro atoms. The molecule has 0 bridgehead atoms. The van der Waals surface area contributed by atoms with E-state index in [4.69, 9.17) is 0 Å². The van der Waals surface area contributed by atoms with Crippen LogP contribution in [-0.2, 0) is 0 Å². The van der Waals surface area contributed by atoms with Crippen molar-refractivity contribution in [1.82, 2.24) is 5.32 Å². The second kappa shape index (κ2) is 12.8. The summed E-state index contributed by atoms with van der Waals surface area (Å²) in [7, 11) is -2.00. The van der Waals surface area contributed by atoms with Crippen molar-refractivity contribution in [3.8, 4) is 0 Å². The molecule has 3 heteroatoms. The molecule has 0 aliphatic heterocycles. The van der Waals surface area contributed by atoms with E-state index in [1.807, 2.05) is 13.1 Å². The summed E-state index contributed by atoms with van der Waals surface area (Å²) in [6.45, 7) is 9.59. The Hall–Kier alpha value is 0.137. The molecular weight excluding hydrogens is 262 g/mol. The van der Waals surface area contributed by atoms with Gasteiger partial charge in [0.05, 0.1) is 0 Å². The summed E-state index contributed by atoms with van der Waals surface area (Å²) >= 11 is 0. The van der Waals surface area contributed by atoms with Gasteiger partial charge in [-0.05, 0) is 32.5 Å². The lowest BCUT2D eigenvalue weighted by Gasteiger charge is -2.27. The molecule has 20 heavy (non-hydrogen) atoms. The minimum Gasteiger partial charge on any atom is -0.431 e. The van der Waals surface area contributed by atoms with Gasteiger partial charge >= 0.3 is 0 Å².